The maximum Gasteiger partial charge on any atom is 0.296 e. The van der Waals surface area contributed by atoms with Crippen LogP contribution in [-0.2, 0) is 22.6 Å². The first-order chi connectivity index (χ1) is 15.4. The van der Waals surface area contributed by atoms with E-state index in [1.807, 2.05) is 37.3 Å². The Hall–Kier alpha value is -3.32. The molecule has 1 fully saturated rings. The van der Waals surface area contributed by atoms with Crippen LogP contribution in [0.3, 0.4) is 0 Å². The van der Waals surface area contributed by atoms with Crippen molar-refractivity contribution in [2.75, 3.05) is 0 Å². The second kappa shape index (κ2) is 7.98. The number of aliphatic hydroxyl groups excluding tert-OH is 1. The van der Waals surface area contributed by atoms with Crippen LogP contribution in [0.2, 0.25) is 0 Å². The molecule has 1 N–H and O–H groups in total. The zero-order valence-electron chi connectivity index (χ0n) is 17.2. The summed E-state index contributed by atoms with van der Waals surface area (Å²) in [5.74, 6) is -0.254. The first-order valence-corrected chi connectivity index (χ1v) is 11.1. The summed E-state index contributed by atoms with van der Waals surface area (Å²) in [5.41, 5.74) is 2.24. The van der Waals surface area contributed by atoms with Gasteiger partial charge in [0.05, 0.1) is 24.4 Å². The molecule has 0 spiro atoms. The van der Waals surface area contributed by atoms with Gasteiger partial charge in [-0.15, -0.1) is 0 Å². The molecule has 0 saturated carbocycles. The average molecular weight is 494 g/mol. The van der Waals surface area contributed by atoms with Crippen LogP contribution in [0.5, 0.6) is 5.75 Å². The molecule has 2 unspecified atom stereocenters. The van der Waals surface area contributed by atoms with Gasteiger partial charge in [0.25, 0.3) is 11.7 Å². The molecule has 1 amide bonds. The summed E-state index contributed by atoms with van der Waals surface area (Å²) in [4.78, 5) is 27.6. The lowest BCUT2D eigenvalue weighted by Gasteiger charge is -2.24. The van der Waals surface area contributed by atoms with Crippen LogP contribution in [0.15, 0.2) is 75.3 Å². The van der Waals surface area contributed by atoms with Crippen LogP contribution < -0.4 is 4.74 Å². The van der Waals surface area contributed by atoms with Crippen molar-refractivity contribution in [3.8, 4) is 5.75 Å². The summed E-state index contributed by atoms with van der Waals surface area (Å²) < 4.78 is 12.0. The minimum Gasteiger partial charge on any atom is -0.507 e. The van der Waals surface area contributed by atoms with Crippen molar-refractivity contribution in [2.24, 2.45) is 0 Å². The van der Waals surface area contributed by atoms with E-state index in [1.165, 1.54) is 11.2 Å². The monoisotopic (exact) mass is 493 g/mol. The first-order valence-electron chi connectivity index (χ1n) is 10.3. The lowest BCUT2D eigenvalue weighted by atomic mass is 9.94. The molecule has 5 rings (SSSR count). The van der Waals surface area contributed by atoms with Crippen LogP contribution in [0.4, 0.5) is 0 Å². The summed E-state index contributed by atoms with van der Waals surface area (Å²) in [5, 5.41) is 11.2. The lowest BCUT2D eigenvalue weighted by Crippen LogP contribution is -2.29. The Morgan fingerprint density at radius 1 is 1.16 bits per heavy atom. The molecule has 1 aromatic heterocycles. The molecule has 1 saturated heterocycles. The summed E-state index contributed by atoms with van der Waals surface area (Å²) in [7, 11) is 0. The van der Waals surface area contributed by atoms with Crippen LogP contribution in [0, 0.1) is 0 Å². The van der Waals surface area contributed by atoms with Gasteiger partial charge in [-0.2, -0.15) is 0 Å². The first kappa shape index (κ1) is 20.6. The van der Waals surface area contributed by atoms with Crippen LogP contribution in [0.1, 0.15) is 35.4 Å². The number of Topliss-reactive ketones (excluding diaryl/α,β-unsaturated/α-hetero) is 1. The maximum absolute atomic E-state index is 13.1. The second-order valence-electron chi connectivity index (χ2n) is 8.01. The van der Waals surface area contributed by atoms with Gasteiger partial charge < -0.3 is 19.2 Å². The molecule has 3 heterocycles. The highest BCUT2D eigenvalue weighted by Gasteiger charge is 2.46. The van der Waals surface area contributed by atoms with Gasteiger partial charge >= 0.3 is 0 Å². The smallest absolute Gasteiger partial charge is 0.296 e. The number of aliphatic hydroxyl groups is 1. The van der Waals surface area contributed by atoms with Crippen molar-refractivity contribution in [1.82, 2.24) is 4.90 Å². The van der Waals surface area contributed by atoms with E-state index in [-0.39, 0.29) is 24.0 Å². The third kappa shape index (κ3) is 3.52. The molecule has 162 valence electrons. The van der Waals surface area contributed by atoms with E-state index >= 15 is 0 Å². The second-order valence-corrected chi connectivity index (χ2v) is 8.93. The third-order valence-corrected chi connectivity index (χ3v) is 6.33. The molecular weight excluding hydrogens is 474 g/mol. The van der Waals surface area contributed by atoms with E-state index in [0.717, 1.165) is 27.8 Å². The van der Waals surface area contributed by atoms with Gasteiger partial charge in [-0.3, -0.25) is 9.59 Å². The van der Waals surface area contributed by atoms with Gasteiger partial charge in [0, 0.05) is 16.5 Å². The molecular formula is C25H20BrNO5. The van der Waals surface area contributed by atoms with Crippen molar-refractivity contribution in [1.29, 1.82) is 0 Å². The summed E-state index contributed by atoms with van der Waals surface area (Å²) in [6.07, 6.45) is 2.30. The third-order valence-electron chi connectivity index (χ3n) is 5.80. The summed E-state index contributed by atoms with van der Waals surface area (Å²) >= 11 is 3.42. The molecule has 2 aliphatic heterocycles. The van der Waals surface area contributed by atoms with Gasteiger partial charge in [0.2, 0.25) is 0 Å². The van der Waals surface area contributed by atoms with Crippen molar-refractivity contribution in [3.63, 3.8) is 0 Å². The highest BCUT2D eigenvalue weighted by atomic mass is 79.9. The molecule has 32 heavy (non-hydrogen) atoms. The maximum atomic E-state index is 13.1. The number of nitrogens with zero attached hydrogens (tertiary/aromatic N) is 1. The highest BCUT2D eigenvalue weighted by molar-refractivity contribution is 9.10. The molecule has 2 aliphatic rings. The predicted molar refractivity (Wildman–Crippen MR) is 121 cm³/mol. The van der Waals surface area contributed by atoms with Crippen molar-refractivity contribution in [3.05, 3.63) is 93.4 Å². The van der Waals surface area contributed by atoms with Gasteiger partial charge in [-0.1, -0.05) is 28.1 Å². The minimum atomic E-state index is -0.739. The normalized spacial score (nSPS) is 21.6. The number of furan rings is 1. The van der Waals surface area contributed by atoms with E-state index in [2.05, 4.69) is 15.9 Å². The number of ether oxygens (including phenoxy) is 1. The number of fused-ring (bicyclic) bond motifs is 1. The molecule has 0 bridgehead atoms. The Balaban J connectivity index is 1.63. The minimum absolute atomic E-state index is 0.0593. The Morgan fingerprint density at radius 3 is 2.66 bits per heavy atom. The van der Waals surface area contributed by atoms with E-state index < -0.39 is 17.7 Å². The number of rotatable bonds is 4. The standard InChI is InChI=1S/C25H20BrNO5/c1-14-11-17-12-16(6-9-20(17)32-14)23(28)21-22(15-4-7-18(26)8-5-15)27(25(30)24(21)29)13-19-3-2-10-31-19/h2-10,12,14,22,28H,11,13H2,1H3/b23-21+. The predicted octanol–water partition coefficient (Wildman–Crippen LogP) is 4.99. The van der Waals surface area contributed by atoms with Crippen molar-refractivity contribution < 1.29 is 23.8 Å². The van der Waals surface area contributed by atoms with Crippen LogP contribution in [-0.4, -0.2) is 27.8 Å². The number of likely N-dealkylation sites (tertiary alicyclic amines) is 1. The quantitative estimate of drug-likeness (QED) is 0.314. The summed E-state index contributed by atoms with van der Waals surface area (Å²) in [6, 6.07) is 15.4. The van der Waals surface area contributed by atoms with Crippen molar-refractivity contribution >= 4 is 33.4 Å². The number of hydrogen-bond donors (Lipinski definition) is 1. The Bertz CT molecular complexity index is 1230. The van der Waals surface area contributed by atoms with Gasteiger partial charge in [-0.25, -0.2) is 0 Å². The van der Waals surface area contributed by atoms with E-state index in [4.69, 9.17) is 9.15 Å². The lowest BCUT2D eigenvalue weighted by molar-refractivity contribution is -0.140. The molecule has 2 atom stereocenters. The molecule has 3 aromatic rings. The largest absolute Gasteiger partial charge is 0.507 e. The number of halogens is 1. The average Bonchev–Trinajstić information content (AvgIpc) is 3.48. The fourth-order valence-electron chi connectivity index (χ4n) is 4.33. The Labute approximate surface area is 193 Å². The van der Waals surface area contributed by atoms with E-state index in [1.54, 1.807) is 24.3 Å². The number of hydrogen-bond acceptors (Lipinski definition) is 5. The molecule has 6 nitrogen and oxygen atoms in total. The zero-order valence-corrected chi connectivity index (χ0v) is 18.8. The fraction of sp³-hybridized carbons (Fsp3) is 0.200. The molecule has 0 radical (unpaired) electrons. The Morgan fingerprint density at radius 2 is 1.94 bits per heavy atom. The molecule has 7 heteroatoms. The van der Waals surface area contributed by atoms with Crippen LogP contribution in [0.25, 0.3) is 5.76 Å². The topological polar surface area (TPSA) is 80.0 Å². The summed E-state index contributed by atoms with van der Waals surface area (Å²) in [6.45, 7) is 2.10. The number of carbonyl (C=O) groups excluding carboxylic acids is 2. The van der Waals surface area contributed by atoms with E-state index in [0.29, 0.717) is 11.3 Å². The zero-order chi connectivity index (χ0) is 22.4. The highest BCUT2D eigenvalue weighted by Crippen LogP contribution is 2.41. The van der Waals surface area contributed by atoms with Crippen molar-refractivity contribution in [2.45, 2.75) is 32.0 Å². The number of benzene rings is 2. The van der Waals surface area contributed by atoms with E-state index in [9.17, 15) is 14.7 Å². The Kier molecular flexibility index (Phi) is 5.13. The van der Waals surface area contributed by atoms with Gasteiger partial charge in [0.15, 0.2) is 0 Å². The number of carbonyl (C=O) groups is 2. The fourth-order valence-corrected chi connectivity index (χ4v) is 4.59. The van der Waals surface area contributed by atoms with Gasteiger partial charge in [-0.05, 0) is 60.5 Å². The molecule has 0 aliphatic carbocycles. The number of amides is 1. The SMILES string of the molecule is CC1Cc2cc(/C(O)=C3\C(=O)C(=O)N(Cc4ccco4)C3c3ccc(Br)cc3)ccc2O1. The number of ketones is 1. The van der Waals surface area contributed by atoms with Gasteiger partial charge in [0.1, 0.15) is 23.4 Å². The van der Waals surface area contributed by atoms with Crippen LogP contribution >= 0.6 is 15.9 Å². The molecule has 2 aromatic carbocycles.